The Labute approximate surface area is 191 Å². The van der Waals surface area contributed by atoms with Crippen LogP contribution in [0.2, 0.25) is 0 Å². The van der Waals surface area contributed by atoms with Gasteiger partial charge in [0.05, 0.1) is 54.5 Å². The Balaban J connectivity index is 1.41. The molecular weight excluding hydrogens is 418 g/mol. The molecule has 0 spiro atoms. The van der Waals surface area contributed by atoms with Crippen LogP contribution >= 0.6 is 0 Å². The zero-order valence-electron chi connectivity index (χ0n) is 19.3. The van der Waals surface area contributed by atoms with E-state index in [0.29, 0.717) is 36.2 Å². The Morgan fingerprint density at radius 1 is 1.00 bits per heavy atom. The van der Waals surface area contributed by atoms with Crippen molar-refractivity contribution in [1.29, 1.82) is 0 Å². The topological polar surface area (TPSA) is 99.7 Å². The quantitative estimate of drug-likeness (QED) is 0.473. The van der Waals surface area contributed by atoms with E-state index in [1.807, 2.05) is 31.7 Å². The van der Waals surface area contributed by atoms with Crippen LogP contribution in [0.15, 0.2) is 24.9 Å². The molecule has 0 bridgehead atoms. The van der Waals surface area contributed by atoms with Gasteiger partial charge in [-0.3, -0.25) is 4.68 Å². The van der Waals surface area contributed by atoms with Gasteiger partial charge in [-0.25, -0.2) is 19.9 Å². The first-order valence-electron chi connectivity index (χ1n) is 11.4. The summed E-state index contributed by atoms with van der Waals surface area (Å²) in [6, 6.07) is 0.548. The third-order valence-corrected chi connectivity index (χ3v) is 6.45. The maximum atomic E-state index is 6.29. The highest BCUT2D eigenvalue weighted by molar-refractivity contribution is 5.86. The molecule has 4 aromatic rings. The molecule has 0 radical (unpaired) electrons. The molecule has 2 atom stereocenters. The highest BCUT2D eigenvalue weighted by Gasteiger charge is 2.31. The summed E-state index contributed by atoms with van der Waals surface area (Å²) in [4.78, 5) is 25.8. The van der Waals surface area contributed by atoms with Crippen molar-refractivity contribution in [2.75, 3.05) is 18.0 Å². The van der Waals surface area contributed by atoms with Crippen LogP contribution in [-0.2, 0) is 11.8 Å². The molecule has 0 aromatic carbocycles. The fourth-order valence-electron chi connectivity index (χ4n) is 4.36. The highest BCUT2D eigenvalue weighted by atomic mass is 16.5. The first-order valence-corrected chi connectivity index (χ1v) is 11.4. The standard InChI is InChI=1S/C23H27N9O/c1-13-9-31(11-19(33-13)16-7-25-32(10-16)17-5-6-17)23-28-20(18-8-24-12-30(18)4)21-22(29-23)27-15(3)14(2)26-21/h7-8,10,12-13,17,19H,5-6,9,11H2,1-4H3/t13-,19+/m1/s1. The monoisotopic (exact) mass is 445 g/mol. The molecule has 1 saturated heterocycles. The molecule has 0 N–H and O–H groups in total. The lowest BCUT2D eigenvalue weighted by molar-refractivity contribution is -0.0178. The molecule has 0 unspecified atom stereocenters. The second-order valence-electron chi connectivity index (χ2n) is 9.15. The van der Waals surface area contributed by atoms with Crippen molar-refractivity contribution < 1.29 is 4.74 Å². The number of rotatable bonds is 4. The molecule has 10 heteroatoms. The number of fused-ring (bicyclic) bond motifs is 1. The summed E-state index contributed by atoms with van der Waals surface area (Å²) in [5.74, 6) is 0.631. The van der Waals surface area contributed by atoms with Crippen LogP contribution in [-0.4, -0.2) is 58.5 Å². The number of aromatic nitrogens is 8. The van der Waals surface area contributed by atoms with Crippen molar-refractivity contribution >= 4 is 17.1 Å². The van der Waals surface area contributed by atoms with Gasteiger partial charge in [0.25, 0.3) is 0 Å². The number of ether oxygens (including phenoxy) is 1. The smallest absolute Gasteiger partial charge is 0.228 e. The van der Waals surface area contributed by atoms with Crippen LogP contribution in [0, 0.1) is 13.8 Å². The summed E-state index contributed by atoms with van der Waals surface area (Å²) in [5, 5.41) is 4.55. The maximum Gasteiger partial charge on any atom is 0.228 e. The van der Waals surface area contributed by atoms with Crippen LogP contribution in [0.5, 0.6) is 0 Å². The summed E-state index contributed by atoms with van der Waals surface area (Å²) in [7, 11) is 1.95. The van der Waals surface area contributed by atoms with Crippen molar-refractivity contribution in [2.24, 2.45) is 7.05 Å². The second-order valence-corrected chi connectivity index (χ2v) is 9.15. The van der Waals surface area contributed by atoms with Crippen LogP contribution in [0.1, 0.15) is 48.9 Å². The predicted molar refractivity (Wildman–Crippen MR) is 123 cm³/mol. The van der Waals surface area contributed by atoms with Gasteiger partial charge in [0.15, 0.2) is 5.65 Å². The van der Waals surface area contributed by atoms with Gasteiger partial charge >= 0.3 is 0 Å². The fraction of sp³-hybridized carbons (Fsp3) is 0.478. The van der Waals surface area contributed by atoms with Crippen LogP contribution in [0.25, 0.3) is 22.6 Å². The van der Waals surface area contributed by atoms with E-state index >= 15 is 0 Å². The van der Waals surface area contributed by atoms with E-state index in [4.69, 9.17) is 24.7 Å². The van der Waals surface area contributed by atoms with E-state index in [9.17, 15) is 0 Å². The Morgan fingerprint density at radius 3 is 2.58 bits per heavy atom. The minimum absolute atomic E-state index is 0.0262. The average Bonchev–Trinajstić information content (AvgIpc) is 3.36. The number of hydrogen-bond acceptors (Lipinski definition) is 8. The van der Waals surface area contributed by atoms with E-state index in [0.717, 1.165) is 28.3 Å². The van der Waals surface area contributed by atoms with E-state index in [1.165, 1.54) is 12.8 Å². The van der Waals surface area contributed by atoms with Gasteiger partial charge in [0, 0.05) is 25.4 Å². The number of aryl methyl sites for hydroxylation is 3. The average molecular weight is 446 g/mol. The SMILES string of the molecule is Cc1nc2nc(N3C[C@@H](C)O[C@H](c4cnn(C5CC5)c4)C3)nc(-c3cncn3C)c2nc1C. The second kappa shape index (κ2) is 7.58. The molecule has 4 aromatic heterocycles. The van der Waals surface area contributed by atoms with E-state index < -0.39 is 0 Å². The van der Waals surface area contributed by atoms with Gasteiger partial charge in [0.2, 0.25) is 5.95 Å². The molecule has 5 heterocycles. The van der Waals surface area contributed by atoms with Gasteiger partial charge in [-0.2, -0.15) is 10.1 Å². The largest absolute Gasteiger partial charge is 0.367 e. The molecule has 1 aliphatic carbocycles. The van der Waals surface area contributed by atoms with Crippen molar-refractivity contribution in [1.82, 2.24) is 39.3 Å². The van der Waals surface area contributed by atoms with Gasteiger partial charge in [-0.1, -0.05) is 0 Å². The minimum Gasteiger partial charge on any atom is -0.367 e. The van der Waals surface area contributed by atoms with Crippen LogP contribution in [0.4, 0.5) is 5.95 Å². The van der Waals surface area contributed by atoms with Gasteiger partial charge < -0.3 is 14.2 Å². The molecule has 1 saturated carbocycles. The lowest BCUT2D eigenvalue weighted by Gasteiger charge is -2.36. The Bertz CT molecular complexity index is 1340. The Morgan fingerprint density at radius 2 is 1.82 bits per heavy atom. The summed E-state index contributed by atoms with van der Waals surface area (Å²) in [6.45, 7) is 7.34. The molecule has 2 fully saturated rings. The fourth-order valence-corrected chi connectivity index (χ4v) is 4.36. The van der Waals surface area contributed by atoms with Crippen molar-refractivity contribution in [3.05, 3.63) is 41.9 Å². The number of hydrogen-bond donors (Lipinski definition) is 0. The van der Waals surface area contributed by atoms with Crippen LogP contribution < -0.4 is 4.90 Å². The number of imidazole rings is 1. The zero-order valence-corrected chi connectivity index (χ0v) is 19.3. The number of morpholine rings is 1. The van der Waals surface area contributed by atoms with E-state index in [1.54, 1.807) is 12.5 Å². The first-order chi connectivity index (χ1) is 16.0. The minimum atomic E-state index is -0.0912. The Hall–Kier alpha value is -3.40. The summed E-state index contributed by atoms with van der Waals surface area (Å²) >= 11 is 0. The molecule has 10 nitrogen and oxygen atoms in total. The van der Waals surface area contributed by atoms with Crippen molar-refractivity contribution in [2.45, 2.75) is 51.9 Å². The lowest BCUT2D eigenvalue weighted by Crippen LogP contribution is -2.43. The summed E-state index contributed by atoms with van der Waals surface area (Å²) < 4.78 is 10.3. The van der Waals surface area contributed by atoms with Crippen molar-refractivity contribution in [3.8, 4) is 11.4 Å². The molecule has 170 valence electrons. The summed E-state index contributed by atoms with van der Waals surface area (Å²) in [6.07, 6.45) is 9.97. The Kier molecular flexibility index (Phi) is 4.65. The van der Waals surface area contributed by atoms with Gasteiger partial charge in [-0.15, -0.1) is 0 Å². The molecule has 6 rings (SSSR count). The molecule has 1 aliphatic heterocycles. The highest BCUT2D eigenvalue weighted by Crippen LogP contribution is 2.36. The maximum absolute atomic E-state index is 6.29. The van der Waals surface area contributed by atoms with Crippen LogP contribution in [0.3, 0.4) is 0 Å². The summed E-state index contributed by atoms with van der Waals surface area (Å²) in [5.41, 5.74) is 5.73. The van der Waals surface area contributed by atoms with Gasteiger partial charge in [-0.05, 0) is 33.6 Å². The number of nitrogens with zero attached hydrogens (tertiary/aromatic N) is 9. The molecule has 33 heavy (non-hydrogen) atoms. The first kappa shape index (κ1) is 20.2. The predicted octanol–water partition coefficient (Wildman–Crippen LogP) is 2.93. The van der Waals surface area contributed by atoms with E-state index in [-0.39, 0.29) is 12.2 Å². The lowest BCUT2D eigenvalue weighted by atomic mass is 10.1. The van der Waals surface area contributed by atoms with Crippen molar-refractivity contribution in [3.63, 3.8) is 0 Å². The molecule has 2 aliphatic rings. The zero-order chi connectivity index (χ0) is 22.7. The third-order valence-electron chi connectivity index (χ3n) is 6.45. The van der Waals surface area contributed by atoms with Gasteiger partial charge in [0.1, 0.15) is 17.3 Å². The van der Waals surface area contributed by atoms with E-state index in [2.05, 4.69) is 32.8 Å². The normalized spacial score (nSPS) is 21.2. The number of anilines is 1. The molecule has 0 amide bonds. The molecular formula is C23H27N9O. The third kappa shape index (κ3) is 3.64.